The van der Waals surface area contributed by atoms with Crippen LogP contribution in [0.25, 0.3) is 6.08 Å². The first-order chi connectivity index (χ1) is 5.74. The molecule has 12 heavy (non-hydrogen) atoms. The zero-order valence-corrected chi connectivity index (χ0v) is 8.15. The summed E-state index contributed by atoms with van der Waals surface area (Å²) < 4.78 is 0. The predicted octanol–water partition coefficient (Wildman–Crippen LogP) is 2.91. The van der Waals surface area contributed by atoms with Gasteiger partial charge in [-0.1, -0.05) is 6.92 Å². The third-order valence-electron chi connectivity index (χ3n) is 1.63. The van der Waals surface area contributed by atoms with Crippen LogP contribution in [0.3, 0.4) is 0 Å². The maximum Gasteiger partial charge on any atom is 0.152 e. The Bertz CT molecular complexity index is 297. The molecule has 1 nitrogen and oxygen atoms in total. The van der Waals surface area contributed by atoms with Crippen LogP contribution >= 0.6 is 11.3 Å². The van der Waals surface area contributed by atoms with E-state index in [0.29, 0.717) is 0 Å². The van der Waals surface area contributed by atoms with E-state index in [1.165, 1.54) is 10.4 Å². The Labute approximate surface area is 76.7 Å². The predicted molar refractivity (Wildman–Crippen MR) is 53.4 cm³/mol. The lowest BCUT2D eigenvalue weighted by Gasteiger charge is -1.91. The van der Waals surface area contributed by atoms with E-state index in [4.69, 9.17) is 0 Å². The SMILES string of the molecule is CCc1ccsc1/C=C/C(C)=O. The lowest BCUT2D eigenvalue weighted by molar-refractivity contribution is -0.112. The number of hydrogen-bond donors (Lipinski definition) is 0. The minimum absolute atomic E-state index is 0.102. The summed E-state index contributed by atoms with van der Waals surface area (Å²) in [6.45, 7) is 3.68. The first-order valence-electron chi connectivity index (χ1n) is 3.99. The van der Waals surface area contributed by atoms with Crippen LogP contribution in [0.2, 0.25) is 0 Å². The average Bonchev–Trinajstić information content (AvgIpc) is 2.47. The molecule has 0 aliphatic carbocycles. The van der Waals surface area contributed by atoms with Gasteiger partial charge >= 0.3 is 0 Å². The molecule has 2 heteroatoms. The van der Waals surface area contributed by atoms with Crippen LogP contribution in [0.4, 0.5) is 0 Å². The van der Waals surface area contributed by atoms with E-state index in [1.807, 2.05) is 6.08 Å². The molecule has 0 unspecified atom stereocenters. The Balaban J connectivity index is 2.81. The van der Waals surface area contributed by atoms with Gasteiger partial charge in [-0.2, -0.15) is 0 Å². The molecule has 1 aromatic rings. The van der Waals surface area contributed by atoms with Crippen LogP contribution in [-0.2, 0) is 11.2 Å². The number of carbonyl (C=O) groups excluding carboxylic acids is 1. The summed E-state index contributed by atoms with van der Waals surface area (Å²) in [6.07, 6.45) is 4.54. The molecule has 0 radical (unpaired) electrons. The summed E-state index contributed by atoms with van der Waals surface area (Å²) in [5.74, 6) is 0.102. The van der Waals surface area contributed by atoms with E-state index in [1.54, 1.807) is 24.3 Å². The molecule has 1 heterocycles. The monoisotopic (exact) mass is 180 g/mol. The molecule has 0 aromatic carbocycles. The van der Waals surface area contributed by atoms with Crippen molar-refractivity contribution in [1.29, 1.82) is 0 Å². The normalized spacial score (nSPS) is 10.8. The highest BCUT2D eigenvalue weighted by Crippen LogP contribution is 2.18. The number of aryl methyl sites for hydroxylation is 1. The second kappa shape index (κ2) is 4.21. The summed E-state index contributed by atoms with van der Waals surface area (Å²) in [4.78, 5) is 11.9. The first kappa shape index (κ1) is 9.20. The van der Waals surface area contributed by atoms with Gasteiger partial charge in [0.05, 0.1) is 0 Å². The molecule has 0 aliphatic rings. The molecule has 0 bridgehead atoms. The van der Waals surface area contributed by atoms with Crippen molar-refractivity contribution in [2.75, 3.05) is 0 Å². The Morgan fingerprint density at radius 3 is 3.00 bits per heavy atom. The highest BCUT2D eigenvalue weighted by molar-refractivity contribution is 7.11. The van der Waals surface area contributed by atoms with Gasteiger partial charge < -0.3 is 0 Å². The third kappa shape index (κ3) is 2.31. The van der Waals surface area contributed by atoms with Crippen molar-refractivity contribution in [3.8, 4) is 0 Å². The summed E-state index contributed by atoms with van der Waals surface area (Å²) in [7, 11) is 0. The lowest BCUT2D eigenvalue weighted by Crippen LogP contribution is -1.81. The molecule has 0 amide bonds. The highest BCUT2D eigenvalue weighted by atomic mass is 32.1. The summed E-state index contributed by atoms with van der Waals surface area (Å²) in [6, 6.07) is 2.10. The number of ketones is 1. The van der Waals surface area contributed by atoms with Gasteiger partial charge in [-0.25, -0.2) is 0 Å². The largest absolute Gasteiger partial charge is 0.295 e. The maximum absolute atomic E-state index is 10.7. The summed E-state index contributed by atoms with van der Waals surface area (Å²) in [5.41, 5.74) is 1.32. The Morgan fingerprint density at radius 1 is 1.67 bits per heavy atom. The second-order valence-electron chi connectivity index (χ2n) is 2.61. The van der Waals surface area contributed by atoms with E-state index in [-0.39, 0.29) is 5.78 Å². The molecule has 0 spiro atoms. The zero-order chi connectivity index (χ0) is 8.97. The Morgan fingerprint density at radius 2 is 2.42 bits per heavy atom. The molecule has 1 rings (SSSR count). The fraction of sp³-hybridized carbons (Fsp3) is 0.300. The van der Waals surface area contributed by atoms with Crippen LogP contribution in [0.5, 0.6) is 0 Å². The quantitative estimate of drug-likeness (QED) is 0.654. The Kier molecular flexibility index (Phi) is 3.23. The van der Waals surface area contributed by atoms with Gasteiger partial charge in [-0.05, 0) is 42.5 Å². The number of carbonyl (C=O) groups is 1. The molecule has 0 fully saturated rings. The van der Waals surface area contributed by atoms with Crippen LogP contribution in [0, 0.1) is 0 Å². The van der Waals surface area contributed by atoms with Gasteiger partial charge in [0.25, 0.3) is 0 Å². The standard InChI is InChI=1S/C10H12OS/c1-3-9-6-7-12-10(9)5-4-8(2)11/h4-7H,3H2,1-2H3/b5-4+. The van der Waals surface area contributed by atoms with Crippen molar-refractivity contribution in [3.63, 3.8) is 0 Å². The van der Waals surface area contributed by atoms with Gasteiger partial charge in [0.1, 0.15) is 0 Å². The average molecular weight is 180 g/mol. The fourth-order valence-corrected chi connectivity index (χ4v) is 1.87. The maximum atomic E-state index is 10.7. The minimum Gasteiger partial charge on any atom is -0.295 e. The van der Waals surface area contributed by atoms with Crippen molar-refractivity contribution in [2.45, 2.75) is 20.3 Å². The van der Waals surface area contributed by atoms with Crippen molar-refractivity contribution in [2.24, 2.45) is 0 Å². The number of thiophene rings is 1. The third-order valence-corrected chi connectivity index (χ3v) is 2.56. The van der Waals surface area contributed by atoms with Crippen LogP contribution < -0.4 is 0 Å². The van der Waals surface area contributed by atoms with E-state index in [0.717, 1.165) is 6.42 Å². The van der Waals surface area contributed by atoms with Gasteiger partial charge in [0, 0.05) is 4.88 Å². The van der Waals surface area contributed by atoms with Gasteiger partial charge in [0.2, 0.25) is 0 Å². The molecule has 0 saturated carbocycles. The molecule has 0 saturated heterocycles. The van der Waals surface area contributed by atoms with E-state index < -0.39 is 0 Å². The summed E-state index contributed by atoms with van der Waals surface area (Å²) in [5, 5.41) is 2.05. The first-order valence-corrected chi connectivity index (χ1v) is 4.87. The second-order valence-corrected chi connectivity index (χ2v) is 3.56. The van der Waals surface area contributed by atoms with Gasteiger partial charge in [0.15, 0.2) is 5.78 Å². The number of hydrogen-bond acceptors (Lipinski definition) is 2. The molecule has 1 aromatic heterocycles. The fourth-order valence-electron chi connectivity index (χ4n) is 0.979. The van der Waals surface area contributed by atoms with Crippen LogP contribution in [0.1, 0.15) is 24.3 Å². The van der Waals surface area contributed by atoms with E-state index in [2.05, 4.69) is 18.4 Å². The number of rotatable bonds is 3. The van der Waals surface area contributed by atoms with Crippen molar-refractivity contribution >= 4 is 23.2 Å². The van der Waals surface area contributed by atoms with Crippen LogP contribution in [0.15, 0.2) is 17.5 Å². The number of allylic oxidation sites excluding steroid dienone is 1. The topological polar surface area (TPSA) is 17.1 Å². The smallest absolute Gasteiger partial charge is 0.152 e. The molecule has 0 aliphatic heterocycles. The van der Waals surface area contributed by atoms with Gasteiger partial charge in [-0.15, -0.1) is 11.3 Å². The summed E-state index contributed by atoms with van der Waals surface area (Å²) >= 11 is 1.68. The van der Waals surface area contributed by atoms with E-state index >= 15 is 0 Å². The van der Waals surface area contributed by atoms with Crippen LogP contribution in [-0.4, -0.2) is 5.78 Å². The lowest BCUT2D eigenvalue weighted by atomic mass is 10.2. The Hall–Kier alpha value is -0.890. The van der Waals surface area contributed by atoms with Gasteiger partial charge in [-0.3, -0.25) is 4.79 Å². The van der Waals surface area contributed by atoms with Crippen molar-refractivity contribution in [1.82, 2.24) is 0 Å². The molecule has 0 N–H and O–H groups in total. The molecular formula is C10H12OS. The molecule has 0 atom stereocenters. The highest BCUT2D eigenvalue weighted by Gasteiger charge is 1.97. The van der Waals surface area contributed by atoms with Crippen molar-refractivity contribution in [3.05, 3.63) is 28.0 Å². The minimum atomic E-state index is 0.102. The van der Waals surface area contributed by atoms with E-state index in [9.17, 15) is 4.79 Å². The molecular weight excluding hydrogens is 168 g/mol. The van der Waals surface area contributed by atoms with Crippen molar-refractivity contribution < 1.29 is 4.79 Å². The molecule has 64 valence electrons. The zero-order valence-electron chi connectivity index (χ0n) is 7.33.